The zero-order valence-electron chi connectivity index (χ0n) is 6.56. The molecule has 0 radical (unpaired) electrons. The summed E-state index contributed by atoms with van der Waals surface area (Å²) in [5.74, 6) is -1.65. The van der Waals surface area contributed by atoms with E-state index in [1.807, 2.05) is 0 Å². The molecule has 1 N–H and O–H groups in total. The first-order valence-electron chi connectivity index (χ1n) is 3.14. The molecule has 0 aliphatic carbocycles. The van der Waals surface area contributed by atoms with Crippen LogP contribution in [-0.4, -0.2) is 60.9 Å². The molecule has 0 saturated heterocycles. The van der Waals surface area contributed by atoms with Gasteiger partial charge in [-0.3, -0.25) is 0 Å². The molecule has 0 aliphatic rings. The molecule has 0 fully saturated rings. The molecule has 5 nitrogen and oxygen atoms in total. The van der Waals surface area contributed by atoms with Crippen LogP contribution in [0.3, 0.4) is 0 Å². The number of hydrogen-bond donors (Lipinski definition) is 1. The van der Waals surface area contributed by atoms with Crippen LogP contribution >= 0.6 is 0 Å². The molecule has 13 heavy (non-hydrogen) atoms. The minimum absolute atomic E-state index is 0. The molecule has 1 atom stereocenters. The van der Waals surface area contributed by atoms with Crippen LogP contribution in [0, 0.1) is 0 Å². The van der Waals surface area contributed by atoms with Crippen LogP contribution in [0.1, 0.15) is 6.92 Å². The van der Waals surface area contributed by atoms with E-state index in [-0.39, 0.29) is 29.6 Å². The fourth-order valence-electron chi connectivity index (χ4n) is 0.489. The Hall–Kier alpha value is 0.120. The van der Waals surface area contributed by atoms with E-state index in [1.54, 1.807) is 0 Å². The first-order chi connectivity index (χ1) is 5.37. The number of carbonyl (C=O) groups excluding carboxylic acids is 1. The fourth-order valence-corrected chi connectivity index (χ4v) is 1.47. The van der Waals surface area contributed by atoms with E-state index in [1.165, 1.54) is 6.92 Å². The number of rotatable bonds is 4. The first-order valence-corrected chi connectivity index (χ1v) is 4.71. The molecule has 0 spiro atoms. The third-order valence-electron chi connectivity index (χ3n) is 0.821. The Morgan fingerprint density at radius 3 is 2.46 bits per heavy atom. The molecule has 7 heteroatoms. The van der Waals surface area contributed by atoms with E-state index in [4.69, 9.17) is 5.11 Å². The topological polar surface area (TPSA) is 80.7 Å². The van der Waals surface area contributed by atoms with Crippen molar-refractivity contribution in [1.82, 2.24) is 0 Å². The van der Waals surface area contributed by atoms with Gasteiger partial charge >= 0.3 is 45.6 Å². The number of carbonyl (C=O) groups is 1. The summed E-state index contributed by atoms with van der Waals surface area (Å²) in [7, 11) is -3.96. The van der Waals surface area contributed by atoms with Gasteiger partial charge in [-0.2, -0.15) is 8.42 Å². The molecule has 0 aromatic heterocycles. The summed E-state index contributed by atoms with van der Waals surface area (Å²) in [6.07, 6.45) is -0.327. The van der Waals surface area contributed by atoms with Gasteiger partial charge in [-0.1, -0.05) is 6.58 Å². The Balaban J connectivity index is 0. The maximum atomic E-state index is 10.8. The van der Waals surface area contributed by atoms with Crippen LogP contribution in [0.25, 0.3) is 0 Å². The predicted molar refractivity (Wildman–Crippen MR) is 48.9 cm³/mol. The maximum absolute atomic E-state index is 10.8. The third kappa shape index (κ3) is 8.45. The van der Waals surface area contributed by atoms with Gasteiger partial charge < -0.3 is 9.29 Å². The van der Waals surface area contributed by atoms with E-state index in [0.29, 0.717) is 0 Å². The number of aliphatic hydroxyl groups excluding tert-OH is 1. The van der Waals surface area contributed by atoms with Gasteiger partial charge in [0.25, 0.3) is 0 Å². The minimum atomic E-state index is -3.96. The van der Waals surface area contributed by atoms with Gasteiger partial charge in [-0.05, 0) is 6.92 Å². The summed E-state index contributed by atoms with van der Waals surface area (Å²) >= 11 is 0. The van der Waals surface area contributed by atoms with Crippen molar-refractivity contribution >= 4 is 45.6 Å². The Labute approximate surface area is 99.2 Å². The second kappa shape index (κ2) is 6.56. The van der Waals surface area contributed by atoms with Crippen LogP contribution in [0.5, 0.6) is 0 Å². The van der Waals surface area contributed by atoms with Crippen LogP contribution in [0.2, 0.25) is 0 Å². The van der Waals surface area contributed by atoms with E-state index in [9.17, 15) is 13.2 Å². The summed E-state index contributed by atoms with van der Waals surface area (Å²) in [6, 6.07) is 0. The van der Waals surface area contributed by atoms with Gasteiger partial charge in [0.2, 0.25) is 0 Å². The van der Waals surface area contributed by atoms with Crippen molar-refractivity contribution in [1.29, 1.82) is 0 Å². The standard InChI is InChI=1S/C6H10O5S.Na.H/c1-3-6(8)11-12(9,10)4-5(2)7;;/h3,5,7H,1,4H2,2H3;;. The van der Waals surface area contributed by atoms with Crippen molar-refractivity contribution in [2.45, 2.75) is 13.0 Å². The van der Waals surface area contributed by atoms with Gasteiger partial charge in [-0.25, -0.2) is 4.79 Å². The Morgan fingerprint density at radius 2 is 2.15 bits per heavy atom. The monoisotopic (exact) mass is 218 g/mol. The summed E-state index contributed by atoms with van der Waals surface area (Å²) in [4.78, 5) is 10.4. The fraction of sp³-hybridized carbons (Fsp3) is 0.500. The van der Waals surface area contributed by atoms with Crippen LogP contribution in [0.4, 0.5) is 0 Å². The molecule has 0 amide bonds. The van der Waals surface area contributed by atoms with Crippen molar-refractivity contribution < 1.29 is 22.5 Å². The van der Waals surface area contributed by atoms with Crippen molar-refractivity contribution in [2.75, 3.05) is 5.75 Å². The van der Waals surface area contributed by atoms with E-state index in [0.717, 1.165) is 6.08 Å². The second-order valence-corrected chi connectivity index (χ2v) is 3.80. The average molecular weight is 218 g/mol. The predicted octanol–water partition coefficient (Wildman–Crippen LogP) is -1.22. The van der Waals surface area contributed by atoms with Crippen molar-refractivity contribution in [3.8, 4) is 0 Å². The molecule has 0 bridgehead atoms. The van der Waals surface area contributed by atoms with Crippen molar-refractivity contribution in [3.63, 3.8) is 0 Å². The van der Waals surface area contributed by atoms with E-state index in [2.05, 4.69) is 10.8 Å². The summed E-state index contributed by atoms with van der Waals surface area (Å²) in [5.41, 5.74) is 0. The summed E-state index contributed by atoms with van der Waals surface area (Å²) in [5, 5.41) is 8.68. The molecule has 0 saturated carbocycles. The van der Waals surface area contributed by atoms with Crippen LogP contribution in [0.15, 0.2) is 12.7 Å². The Morgan fingerprint density at radius 1 is 1.69 bits per heavy atom. The van der Waals surface area contributed by atoms with Crippen molar-refractivity contribution in [2.24, 2.45) is 0 Å². The van der Waals surface area contributed by atoms with Gasteiger partial charge in [0.1, 0.15) is 5.75 Å². The zero-order valence-corrected chi connectivity index (χ0v) is 7.37. The van der Waals surface area contributed by atoms with Crippen LogP contribution < -0.4 is 0 Å². The van der Waals surface area contributed by atoms with Gasteiger partial charge in [0.15, 0.2) is 0 Å². The van der Waals surface area contributed by atoms with Crippen LogP contribution in [-0.2, 0) is 19.1 Å². The number of hydrogen-bond acceptors (Lipinski definition) is 5. The molecule has 0 aromatic rings. The Bertz CT molecular complexity index is 269. The molecule has 0 aliphatic heterocycles. The first kappa shape index (κ1) is 15.6. The normalized spacial score (nSPS) is 12.5. The van der Waals surface area contributed by atoms with Crippen molar-refractivity contribution in [3.05, 3.63) is 12.7 Å². The summed E-state index contributed by atoms with van der Waals surface area (Å²) in [6.45, 7) is 4.30. The molecule has 0 heterocycles. The summed E-state index contributed by atoms with van der Waals surface area (Å²) < 4.78 is 25.5. The van der Waals surface area contributed by atoms with E-state index >= 15 is 0 Å². The molecule has 0 rings (SSSR count). The molecule has 1 unspecified atom stereocenters. The SMILES string of the molecule is C=CC(=O)OS(=O)(=O)CC(C)O.[NaH]. The van der Waals surface area contributed by atoms with E-state index < -0.39 is 27.9 Å². The van der Waals surface area contributed by atoms with Gasteiger partial charge in [0, 0.05) is 6.08 Å². The average Bonchev–Trinajstić information content (AvgIpc) is 1.83. The number of aliphatic hydroxyl groups is 1. The molecule has 0 aromatic carbocycles. The molecular weight excluding hydrogens is 207 g/mol. The molecular formula is C6H11NaO5S. The Kier molecular flexibility index (Phi) is 7.86. The zero-order chi connectivity index (χ0) is 9.78. The van der Waals surface area contributed by atoms with Gasteiger partial charge in [0.05, 0.1) is 6.10 Å². The molecule has 72 valence electrons. The van der Waals surface area contributed by atoms with Gasteiger partial charge in [-0.15, -0.1) is 0 Å². The quantitative estimate of drug-likeness (QED) is 0.363. The second-order valence-electron chi connectivity index (χ2n) is 2.18. The third-order valence-corrected chi connectivity index (χ3v) is 2.13.